The number of hydrogen-bond donors (Lipinski definition) is 3. The fourth-order valence-corrected chi connectivity index (χ4v) is 3.44. The fourth-order valence-electron chi connectivity index (χ4n) is 3.25. The Balaban J connectivity index is 1.37. The molecule has 9 nitrogen and oxygen atoms in total. The molecule has 4 rings (SSSR count). The molecule has 0 spiro atoms. The van der Waals surface area contributed by atoms with Gasteiger partial charge in [0.2, 0.25) is 11.9 Å². The predicted octanol–water partition coefficient (Wildman–Crippen LogP) is 0.985. The summed E-state index contributed by atoms with van der Waals surface area (Å²) in [5.74, 6) is 1.43. The molecule has 1 fully saturated rings. The smallest absolute Gasteiger partial charge is 0.289 e. The summed E-state index contributed by atoms with van der Waals surface area (Å²) in [6.45, 7) is 3.45. The second kappa shape index (κ2) is 8.46. The highest BCUT2D eigenvalue weighted by Crippen LogP contribution is 2.18. The molecule has 10 heteroatoms. The molecule has 1 aromatic carbocycles. The van der Waals surface area contributed by atoms with Crippen LogP contribution < -0.4 is 16.0 Å². The van der Waals surface area contributed by atoms with Gasteiger partial charge in [-0.25, -0.2) is 0 Å². The summed E-state index contributed by atoms with van der Waals surface area (Å²) in [6.07, 6.45) is 1.51. The van der Waals surface area contributed by atoms with Crippen molar-refractivity contribution in [1.82, 2.24) is 19.9 Å². The number of nitrogens with one attached hydrogen (secondary N) is 2. The minimum atomic E-state index is -0.0773. The van der Waals surface area contributed by atoms with Gasteiger partial charge < -0.3 is 25.3 Å². The lowest BCUT2D eigenvalue weighted by molar-refractivity contribution is -0.918. The molecule has 4 N–H and O–H groups in total. The largest absolute Gasteiger partial charge is 0.459 e. The molecule has 0 aliphatic carbocycles. The summed E-state index contributed by atoms with van der Waals surface area (Å²) >= 11 is 6.01. The van der Waals surface area contributed by atoms with Crippen LogP contribution in [0, 0.1) is 0 Å². The molecule has 1 aliphatic heterocycles. The quantitative estimate of drug-likeness (QED) is 0.570. The number of carbonyl (C=O) groups is 1. The van der Waals surface area contributed by atoms with E-state index in [2.05, 4.69) is 20.3 Å². The minimum absolute atomic E-state index is 0.0773. The second-order valence-corrected chi connectivity index (χ2v) is 7.20. The molecular weight excluding hydrogens is 394 g/mol. The van der Waals surface area contributed by atoms with Crippen molar-refractivity contribution in [2.45, 2.75) is 6.54 Å². The average Bonchev–Trinajstić information content (AvgIpc) is 3.22. The van der Waals surface area contributed by atoms with Gasteiger partial charge in [-0.05, 0) is 30.3 Å². The number of halogens is 1. The number of furan rings is 1. The average molecular weight is 415 g/mol. The Labute approximate surface area is 172 Å². The molecule has 0 bridgehead atoms. The number of nitrogen functional groups attached to an aromatic ring is 1. The molecule has 0 atom stereocenters. The van der Waals surface area contributed by atoms with Crippen molar-refractivity contribution in [3.8, 4) is 0 Å². The van der Waals surface area contributed by atoms with Gasteiger partial charge in [-0.15, -0.1) is 0 Å². The number of hydrogen-bond acceptors (Lipinski definition) is 7. The van der Waals surface area contributed by atoms with Crippen molar-refractivity contribution >= 4 is 35.1 Å². The lowest BCUT2D eigenvalue weighted by atomic mass is 10.3. The summed E-state index contributed by atoms with van der Waals surface area (Å²) in [6, 6.07) is 10.7. The normalized spacial score (nSPS) is 14.7. The third-order valence-corrected chi connectivity index (χ3v) is 4.91. The highest BCUT2D eigenvalue weighted by Gasteiger charge is 2.26. The van der Waals surface area contributed by atoms with Crippen molar-refractivity contribution in [1.29, 1.82) is 0 Å². The first-order chi connectivity index (χ1) is 14.1. The lowest BCUT2D eigenvalue weighted by Gasteiger charge is -2.31. The molecule has 0 unspecified atom stereocenters. The molecule has 2 aromatic heterocycles. The summed E-state index contributed by atoms with van der Waals surface area (Å²) in [7, 11) is 0. The predicted molar refractivity (Wildman–Crippen MR) is 108 cm³/mol. The number of carbonyl (C=O) groups excluding carboxylic acids is 1. The molecular formula is C19H21ClN7O2+. The van der Waals surface area contributed by atoms with Crippen LogP contribution in [0.2, 0.25) is 5.02 Å². The van der Waals surface area contributed by atoms with Crippen LogP contribution in [0.3, 0.4) is 0 Å². The van der Waals surface area contributed by atoms with E-state index in [0.717, 1.165) is 18.8 Å². The van der Waals surface area contributed by atoms with Crippen LogP contribution in [0.25, 0.3) is 0 Å². The third-order valence-electron chi connectivity index (χ3n) is 4.68. The maximum absolute atomic E-state index is 12.4. The molecule has 0 saturated carbocycles. The molecule has 150 valence electrons. The molecule has 29 heavy (non-hydrogen) atoms. The maximum Gasteiger partial charge on any atom is 0.289 e. The Morgan fingerprint density at radius 1 is 1.21 bits per heavy atom. The van der Waals surface area contributed by atoms with E-state index in [1.54, 1.807) is 29.2 Å². The summed E-state index contributed by atoms with van der Waals surface area (Å²) < 4.78 is 5.20. The number of rotatable bonds is 5. The number of quaternary nitrogens is 1. The Morgan fingerprint density at radius 3 is 2.76 bits per heavy atom. The Kier molecular flexibility index (Phi) is 5.59. The maximum atomic E-state index is 12.4. The monoisotopic (exact) mass is 414 g/mol. The SMILES string of the molecule is Nc1nc(C[NH+]2CCN(C(=O)c3ccco3)CC2)nc(Nc2cccc(Cl)c2)n1. The van der Waals surface area contributed by atoms with E-state index in [4.69, 9.17) is 21.8 Å². The van der Waals surface area contributed by atoms with E-state index in [0.29, 0.717) is 42.2 Å². The number of amides is 1. The summed E-state index contributed by atoms with van der Waals surface area (Å²) in [4.78, 5) is 28.3. The second-order valence-electron chi connectivity index (χ2n) is 6.77. The lowest BCUT2D eigenvalue weighted by Crippen LogP contribution is -3.13. The number of benzene rings is 1. The number of aromatic nitrogens is 3. The zero-order valence-corrected chi connectivity index (χ0v) is 16.4. The van der Waals surface area contributed by atoms with Crippen LogP contribution in [-0.2, 0) is 6.54 Å². The van der Waals surface area contributed by atoms with Gasteiger partial charge in [-0.1, -0.05) is 17.7 Å². The molecule has 3 heterocycles. The highest BCUT2D eigenvalue weighted by molar-refractivity contribution is 6.30. The minimum Gasteiger partial charge on any atom is -0.459 e. The van der Waals surface area contributed by atoms with Crippen molar-refractivity contribution in [2.24, 2.45) is 0 Å². The van der Waals surface area contributed by atoms with Crippen molar-refractivity contribution in [3.63, 3.8) is 0 Å². The number of nitrogens with zero attached hydrogens (tertiary/aromatic N) is 4. The molecule has 1 aliphatic rings. The van der Waals surface area contributed by atoms with Gasteiger partial charge in [0.1, 0.15) is 6.54 Å². The van der Waals surface area contributed by atoms with E-state index in [1.807, 2.05) is 12.1 Å². The van der Waals surface area contributed by atoms with Gasteiger partial charge in [-0.3, -0.25) is 4.79 Å². The highest BCUT2D eigenvalue weighted by atomic mass is 35.5. The van der Waals surface area contributed by atoms with Crippen LogP contribution >= 0.6 is 11.6 Å². The van der Waals surface area contributed by atoms with Crippen LogP contribution in [0.4, 0.5) is 17.6 Å². The Hall–Kier alpha value is -3.17. The van der Waals surface area contributed by atoms with Crippen molar-refractivity contribution < 1.29 is 14.1 Å². The van der Waals surface area contributed by atoms with E-state index >= 15 is 0 Å². The summed E-state index contributed by atoms with van der Waals surface area (Å²) in [5.41, 5.74) is 6.63. The number of anilines is 3. The first-order valence-electron chi connectivity index (χ1n) is 9.26. The van der Waals surface area contributed by atoms with E-state index in [-0.39, 0.29) is 11.9 Å². The van der Waals surface area contributed by atoms with Gasteiger partial charge in [0.05, 0.1) is 32.4 Å². The molecule has 0 radical (unpaired) electrons. The van der Waals surface area contributed by atoms with E-state index in [1.165, 1.54) is 11.2 Å². The van der Waals surface area contributed by atoms with Crippen LogP contribution in [-0.4, -0.2) is 51.9 Å². The number of nitrogens with two attached hydrogens (primary N) is 1. The Bertz CT molecular complexity index is 988. The molecule has 1 amide bonds. The zero-order chi connectivity index (χ0) is 20.2. The standard InChI is InChI=1S/C19H20ClN7O2/c20-13-3-1-4-14(11-13)22-19-24-16(23-18(21)25-19)12-26-6-8-27(9-7-26)17(28)15-5-2-10-29-15/h1-5,10-11H,6-9,12H2,(H3,21,22,23,24,25)/p+1. The van der Waals surface area contributed by atoms with Gasteiger partial charge in [-0.2, -0.15) is 15.0 Å². The van der Waals surface area contributed by atoms with Crippen LogP contribution in [0.1, 0.15) is 16.4 Å². The summed E-state index contributed by atoms with van der Waals surface area (Å²) in [5, 5.41) is 3.72. The molecule has 1 saturated heterocycles. The van der Waals surface area contributed by atoms with Gasteiger partial charge in [0, 0.05) is 10.7 Å². The Morgan fingerprint density at radius 2 is 2.03 bits per heavy atom. The first-order valence-corrected chi connectivity index (χ1v) is 9.64. The molecule has 3 aromatic rings. The van der Waals surface area contributed by atoms with E-state index in [9.17, 15) is 4.79 Å². The number of piperazine rings is 1. The van der Waals surface area contributed by atoms with Crippen LogP contribution in [0.15, 0.2) is 47.1 Å². The van der Waals surface area contributed by atoms with Crippen molar-refractivity contribution in [2.75, 3.05) is 37.2 Å². The van der Waals surface area contributed by atoms with Gasteiger partial charge in [0.15, 0.2) is 11.6 Å². The van der Waals surface area contributed by atoms with Gasteiger partial charge >= 0.3 is 0 Å². The fraction of sp³-hybridized carbons (Fsp3) is 0.263. The third kappa shape index (κ3) is 4.82. The topological polar surface area (TPSA) is 115 Å². The first kappa shape index (κ1) is 19.2. The zero-order valence-electron chi connectivity index (χ0n) is 15.6. The van der Waals surface area contributed by atoms with Crippen molar-refractivity contribution in [3.05, 3.63) is 59.3 Å². The van der Waals surface area contributed by atoms with Gasteiger partial charge in [0.25, 0.3) is 5.91 Å². The van der Waals surface area contributed by atoms with E-state index < -0.39 is 0 Å². The van der Waals surface area contributed by atoms with Crippen LogP contribution in [0.5, 0.6) is 0 Å².